The number of carbonyl (C=O) groups is 1. The number of hydrogen-bond donors (Lipinski definition) is 1. The Hall–Kier alpha value is -0.780. The molecule has 98 valence electrons. The van der Waals surface area contributed by atoms with Crippen LogP contribution in [0.5, 0.6) is 0 Å². The van der Waals surface area contributed by atoms with E-state index in [0.717, 1.165) is 6.42 Å². The summed E-state index contributed by atoms with van der Waals surface area (Å²) in [6, 6.07) is 4.71. The summed E-state index contributed by atoms with van der Waals surface area (Å²) < 4.78 is 19.8. The second kappa shape index (κ2) is 5.91. The number of benzene rings is 1. The minimum absolute atomic E-state index is 0.0336. The van der Waals surface area contributed by atoms with E-state index in [9.17, 15) is 9.18 Å². The van der Waals surface area contributed by atoms with Gasteiger partial charge >= 0.3 is 0 Å². The predicted molar refractivity (Wildman–Crippen MR) is 69.8 cm³/mol. The molecule has 1 aromatic rings. The van der Waals surface area contributed by atoms with Gasteiger partial charge in [0.25, 0.3) is 0 Å². The van der Waals surface area contributed by atoms with Crippen LogP contribution in [-0.4, -0.2) is 24.5 Å². The van der Waals surface area contributed by atoms with E-state index in [0.29, 0.717) is 23.0 Å². The largest absolute Gasteiger partial charge is 0.366 e. The van der Waals surface area contributed by atoms with Crippen LogP contribution in [0.25, 0.3) is 0 Å². The molecule has 1 saturated heterocycles. The van der Waals surface area contributed by atoms with E-state index in [4.69, 9.17) is 10.5 Å². The highest BCUT2D eigenvalue weighted by Crippen LogP contribution is 2.22. The van der Waals surface area contributed by atoms with Crippen molar-refractivity contribution in [2.45, 2.75) is 31.5 Å². The molecule has 2 atom stereocenters. The zero-order chi connectivity index (χ0) is 13.1. The van der Waals surface area contributed by atoms with Crippen LogP contribution >= 0.6 is 15.9 Å². The number of ketones is 1. The smallest absolute Gasteiger partial charge is 0.166 e. The summed E-state index contributed by atoms with van der Waals surface area (Å²) in [4.78, 5) is 12.0. The van der Waals surface area contributed by atoms with Crippen LogP contribution in [0.2, 0.25) is 0 Å². The molecule has 18 heavy (non-hydrogen) atoms. The van der Waals surface area contributed by atoms with Crippen molar-refractivity contribution < 1.29 is 13.9 Å². The highest BCUT2D eigenvalue weighted by Gasteiger charge is 2.29. The van der Waals surface area contributed by atoms with Crippen molar-refractivity contribution in [3.63, 3.8) is 0 Å². The summed E-state index contributed by atoms with van der Waals surface area (Å²) in [6.07, 6.45) is 1.09. The van der Waals surface area contributed by atoms with Crippen LogP contribution in [0.4, 0.5) is 4.39 Å². The predicted octanol–water partition coefficient (Wildman–Crippen LogP) is 2.21. The van der Waals surface area contributed by atoms with Gasteiger partial charge in [0, 0.05) is 17.4 Å². The Kier molecular flexibility index (Phi) is 4.48. The van der Waals surface area contributed by atoms with Crippen LogP contribution in [0.15, 0.2) is 22.7 Å². The highest BCUT2D eigenvalue weighted by atomic mass is 79.9. The number of rotatable bonds is 4. The molecule has 2 unspecified atom stereocenters. The van der Waals surface area contributed by atoms with Gasteiger partial charge in [0.2, 0.25) is 0 Å². The standard InChI is InChI=1S/C13H15BrFNO2/c14-9-2-1-8(11(15)6-9)5-12(17)13-4-3-10(7-16)18-13/h1-2,6,10,13H,3-5,7,16H2. The van der Waals surface area contributed by atoms with Gasteiger partial charge in [0.1, 0.15) is 11.9 Å². The minimum atomic E-state index is -0.429. The molecule has 1 aliphatic rings. The number of hydrogen-bond acceptors (Lipinski definition) is 3. The van der Waals surface area contributed by atoms with Crippen molar-refractivity contribution >= 4 is 21.7 Å². The maximum atomic E-state index is 13.6. The molecule has 2 rings (SSSR count). The SMILES string of the molecule is NCC1CCC(C(=O)Cc2ccc(Br)cc2F)O1. The first-order valence-electron chi connectivity index (χ1n) is 5.92. The fourth-order valence-corrected chi connectivity index (χ4v) is 2.42. The third-order valence-corrected chi connectivity index (χ3v) is 3.60. The van der Waals surface area contributed by atoms with Gasteiger partial charge < -0.3 is 10.5 Å². The molecule has 1 aromatic carbocycles. The third-order valence-electron chi connectivity index (χ3n) is 3.11. The van der Waals surface area contributed by atoms with E-state index in [-0.39, 0.29) is 24.1 Å². The van der Waals surface area contributed by atoms with Gasteiger partial charge in [-0.25, -0.2) is 4.39 Å². The minimum Gasteiger partial charge on any atom is -0.366 e. The summed E-state index contributed by atoms with van der Waals surface area (Å²) >= 11 is 3.18. The van der Waals surface area contributed by atoms with Gasteiger partial charge in [-0.1, -0.05) is 22.0 Å². The molecular weight excluding hydrogens is 301 g/mol. The fraction of sp³-hybridized carbons (Fsp3) is 0.462. The van der Waals surface area contributed by atoms with Crippen LogP contribution in [0.1, 0.15) is 18.4 Å². The van der Waals surface area contributed by atoms with Gasteiger partial charge in [0.05, 0.1) is 6.10 Å². The van der Waals surface area contributed by atoms with E-state index in [1.54, 1.807) is 12.1 Å². The van der Waals surface area contributed by atoms with Crippen molar-refractivity contribution in [3.8, 4) is 0 Å². The zero-order valence-electron chi connectivity index (χ0n) is 9.86. The molecule has 0 saturated carbocycles. The average Bonchev–Trinajstić information content (AvgIpc) is 2.81. The first kappa shape index (κ1) is 13.6. The molecule has 2 N–H and O–H groups in total. The number of carbonyl (C=O) groups excluding carboxylic acids is 1. The average molecular weight is 316 g/mol. The second-order valence-corrected chi connectivity index (χ2v) is 5.35. The lowest BCUT2D eigenvalue weighted by atomic mass is 10.0. The van der Waals surface area contributed by atoms with E-state index in [1.807, 2.05) is 0 Å². The lowest BCUT2D eigenvalue weighted by molar-refractivity contribution is -0.128. The van der Waals surface area contributed by atoms with E-state index < -0.39 is 6.10 Å². The highest BCUT2D eigenvalue weighted by molar-refractivity contribution is 9.10. The molecule has 5 heteroatoms. The molecule has 0 aliphatic carbocycles. The summed E-state index contributed by atoms with van der Waals surface area (Å²) in [5.74, 6) is -0.446. The first-order valence-corrected chi connectivity index (χ1v) is 6.71. The molecule has 0 aromatic heterocycles. The van der Waals surface area contributed by atoms with Crippen LogP contribution in [0.3, 0.4) is 0 Å². The topological polar surface area (TPSA) is 52.3 Å². The van der Waals surface area contributed by atoms with Crippen molar-refractivity contribution in [2.24, 2.45) is 5.73 Å². The molecule has 0 spiro atoms. The quantitative estimate of drug-likeness (QED) is 0.926. The maximum absolute atomic E-state index is 13.6. The zero-order valence-corrected chi connectivity index (χ0v) is 11.5. The molecule has 1 fully saturated rings. The third kappa shape index (κ3) is 3.16. The lowest BCUT2D eigenvalue weighted by Crippen LogP contribution is -2.26. The normalized spacial score (nSPS) is 23.3. The molecule has 0 amide bonds. The van der Waals surface area contributed by atoms with Crippen molar-refractivity contribution in [3.05, 3.63) is 34.1 Å². The van der Waals surface area contributed by atoms with Crippen LogP contribution in [0, 0.1) is 5.82 Å². The Balaban J connectivity index is 1.99. The number of Topliss-reactive ketones (excluding diaryl/α,β-unsaturated/α-hetero) is 1. The summed E-state index contributed by atoms with van der Waals surface area (Å²) in [5.41, 5.74) is 5.89. The maximum Gasteiger partial charge on any atom is 0.166 e. The summed E-state index contributed by atoms with van der Waals surface area (Å²) in [5, 5.41) is 0. The van der Waals surface area contributed by atoms with Gasteiger partial charge in [-0.05, 0) is 30.5 Å². The Bertz CT molecular complexity index is 453. The monoisotopic (exact) mass is 315 g/mol. The molecule has 0 radical (unpaired) electrons. The Morgan fingerprint density at radius 2 is 2.28 bits per heavy atom. The molecule has 0 bridgehead atoms. The van der Waals surface area contributed by atoms with E-state index >= 15 is 0 Å². The summed E-state index contributed by atoms with van der Waals surface area (Å²) in [6.45, 7) is 0.427. The number of nitrogens with two attached hydrogens (primary N) is 1. The van der Waals surface area contributed by atoms with Crippen LogP contribution in [-0.2, 0) is 16.0 Å². The van der Waals surface area contributed by atoms with Crippen molar-refractivity contribution in [1.82, 2.24) is 0 Å². The van der Waals surface area contributed by atoms with Crippen LogP contribution < -0.4 is 5.73 Å². The Morgan fingerprint density at radius 3 is 2.89 bits per heavy atom. The van der Waals surface area contributed by atoms with Crippen molar-refractivity contribution in [1.29, 1.82) is 0 Å². The lowest BCUT2D eigenvalue weighted by Gasteiger charge is -2.11. The van der Waals surface area contributed by atoms with Gasteiger partial charge in [-0.2, -0.15) is 0 Å². The van der Waals surface area contributed by atoms with Gasteiger partial charge in [-0.3, -0.25) is 4.79 Å². The van der Waals surface area contributed by atoms with Crippen molar-refractivity contribution in [2.75, 3.05) is 6.54 Å². The Morgan fingerprint density at radius 1 is 1.50 bits per heavy atom. The molecule has 1 heterocycles. The number of halogens is 2. The molecular formula is C13H15BrFNO2. The first-order chi connectivity index (χ1) is 8.60. The Labute approximate surface area is 114 Å². The van der Waals surface area contributed by atoms with E-state index in [2.05, 4.69) is 15.9 Å². The molecule has 3 nitrogen and oxygen atoms in total. The van der Waals surface area contributed by atoms with E-state index in [1.165, 1.54) is 6.07 Å². The fourth-order valence-electron chi connectivity index (χ4n) is 2.08. The molecule has 1 aliphatic heterocycles. The second-order valence-electron chi connectivity index (χ2n) is 4.44. The van der Waals surface area contributed by atoms with Gasteiger partial charge in [0.15, 0.2) is 5.78 Å². The summed E-state index contributed by atoms with van der Waals surface area (Å²) in [7, 11) is 0. The van der Waals surface area contributed by atoms with Gasteiger partial charge in [-0.15, -0.1) is 0 Å². The number of ether oxygens (including phenoxy) is 1.